The summed E-state index contributed by atoms with van der Waals surface area (Å²) in [5.41, 5.74) is 6.98. The lowest BCUT2D eigenvalue weighted by Crippen LogP contribution is -2.57. The number of hydrogen-bond acceptors (Lipinski definition) is 5. The Balaban J connectivity index is 1.37. The largest absolute Gasteiger partial charge is 0.444 e. The van der Waals surface area contributed by atoms with Gasteiger partial charge in [-0.05, 0) is 88.9 Å². The van der Waals surface area contributed by atoms with Gasteiger partial charge in [0.2, 0.25) is 11.8 Å². The van der Waals surface area contributed by atoms with E-state index in [2.05, 4.69) is 5.32 Å². The molecule has 2 aliphatic heterocycles. The Morgan fingerprint density at radius 3 is 2.32 bits per heavy atom. The highest BCUT2D eigenvalue weighted by Crippen LogP contribution is 2.43. The summed E-state index contributed by atoms with van der Waals surface area (Å²) in [5, 5.41) is 2.81. The summed E-state index contributed by atoms with van der Waals surface area (Å²) in [6, 6.07) is 6.23. The highest BCUT2D eigenvalue weighted by atomic mass is 19.3. The standard InChI is InChI=1S/C28H40F2N4O4/c1-28(2,3)38-27(37)34-21-9-8-20(15-21)24(34)26(36)32-22(25(31)35)14-17-4-6-18(7-5-17)19-10-12-33(13-11-19)16-23(29)30/h4-7,19-24H,8-16H2,1-3H3,(H2,31,35)(H,32,36)/t20-,21+,22-,24-/m0/s1. The van der Waals surface area contributed by atoms with Crippen LogP contribution in [-0.2, 0) is 20.7 Å². The molecule has 1 aromatic rings. The van der Waals surface area contributed by atoms with Crippen LogP contribution in [0.3, 0.4) is 0 Å². The molecule has 1 aromatic carbocycles. The number of nitrogens with zero attached hydrogens (tertiary/aromatic N) is 2. The van der Waals surface area contributed by atoms with Crippen molar-refractivity contribution in [2.24, 2.45) is 11.7 Å². The summed E-state index contributed by atoms with van der Waals surface area (Å²) in [6.07, 6.45) is 1.51. The molecule has 3 amide bonds. The number of nitrogens with two attached hydrogens (primary N) is 1. The van der Waals surface area contributed by atoms with E-state index in [0.717, 1.165) is 43.2 Å². The Morgan fingerprint density at radius 1 is 1.08 bits per heavy atom. The number of halogens is 2. The molecule has 1 saturated carbocycles. The number of carbonyl (C=O) groups excluding carboxylic acids is 3. The smallest absolute Gasteiger partial charge is 0.411 e. The van der Waals surface area contributed by atoms with Crippen LogP contribution in [0.5, 0.6) is 0 Å². The van der Waals surface area contributed by atoms with Crippen LogP contribution < -0.4 is 11.1 Å². The van der Waals surface area contributed by atoms with Gasteiger partial charge in [0.25, 0.3) is 6.43 Å². The monoisotopic (exact) mass is 534 g/mol. The third kappa shape index (κ3) is 6.81. The van der Waals surface area contributed by atoms with E-state index in [1.54, 1.807) is 30.6 Å². The van der Waals surface area contributed by atoms with E-state index < -0.39 is 36.1 Å². The van der Waals surface area contributed by atoms with Gasteiger partial charge in [0, 0.05) is 12.5 Å². The maximum atomic E-state index is 13.4. The number of rotatable bonds is 8. The van der Waals surface area contributed by atoms with Crippen molar-refractivity contribution >= 4 is 17.9 Å². The first-order chi connectivity index (χ1) is 17.9. The first kappa shape index (κ1) is 28.3. The molecule has 38 heavy (non-hydrogen) atoms. The average molecular weight is 535 g/mol. The van der Waals surface area contributed by atoms with Crippen molar-refractivity contribution in [1.82, 2.24) is 15.1 Å². The fraction of sp³-hybridized carbons (Fsp3) is 0.679. The number of benzene rings is 1. The lowest BCUT2D eigenvalue weighted by atomic mass is 9.88. The van der Waals surface area contributed by atoms with Crippen molar-refractivity contribution in [3.63, 3.8) is 0 Å². The molecule has 3 aliphatic rings. The van der Waals surface area contributed by atoms with E-state index in [9.17, 15) is 23.2 Å². The molecule has 3 fully saturated rings. The molecule has 10 heteroatoms. The molecule has 0 spiro atoms. The molecule has 2 bridgehead atoms. The van der Waals surface area contributed by atoms with E-state index in [0.29, 0.717) is 19.0 Å². The van der Waals surface area contributed by atoms with Crippen molar-refractivity contribution in [3.05, 3.63) is 35.4 Å². The van der Waals surface area contributed by atoms with Gasteiger partial charge in [-0.2, -0.15) is 0 Å². The van der Waals surface area contributed by atoms with Gasteiger partial charge in [0.15, 0.2) is 0 Å². The summed E-state index contributed by atoms with van der Waals surface area (Å²) < 4.78 is 30.8. The maximum absolute atomic E-state index is 13.4. The van der Waals surface area contributed by atoms with Crippen LogP contribution in [-0.4, -0.2) is 77.5 Å². The van der Waals surface area contributed by atoms with Gasteiger partial charge in [0.1, 0.15) is 17.7 Å². The molecule has 2 heterocycles. The second-order valence-electron chi connectivity index (χ2n) is 11.9. The van der Waals surface area contributed by atoms with E-state index in [-0.39, 0.29) is 30.8 Å². The average Bonchev–Trinajstić information content (AvgIpc) is 3.45. The van der Waals surface area contributed by atoms with Crippen LogP contribution in [0, 0.1) is 5.92 Å². The van der Waals surface area contributed by atoms with E-state index in [1.165, 1.54) is 0 Å². The zero-order valence-electron chi connectivity index (χ0n) is 22.5. The number of nitrogens with one attached hydrogen (secondary N) is 1. The predicted molar refractivity (Wildman–Crippen MR) is 139 cm³/mol. The van der Waals surface area contributed by atoms with Crippen molar-refractivity contribution in [2.45, 2.75) is 95.4 Å². The first-order valence-corrected chi connectivity index (χ1v) is 13.6. The summed E-state index contributed by atoms with van der Waals surface area (Å²) in [7, 11) is 0. The highest BCUT2D eigenvalue weighted by Gasteiger charge is 2.52. The molecule has 2 saturated heterocycles. The molecule has 4 atom stereocenters. The molecule has 3 N–H and O–H groups in total. The second kappa shape index (κ2) is 11.6. The highest BCUT2D eigenvalue weighted by molar-refractivity contribution is 5.91. The topological polar surface area (TPSA) is 105 Å². The first-order valence-electron chi connectivity index (χ1n) is 13.6. The van der Waals surface area contributed by atoms with Gasteiger partial charge in [-0.3, -0.25) is 19.4 Å². The number of likely N-dealkylation sites (tertiary alicyclic amines) is 2. The van der Waals surface area contributed by atoms with Gasteiger partial charge >= 0.3 is 6.09 Å². The Hall–Kier alpha value is -2.75. The normalized spacial score (nSPS) is 25.0. The number of carbonyl (C=O) groups is 3. The molecule has 210 valence electrons. The quantitative estimate of drug-likeness (QED) is 0.532. The van der Waals surface area contributed by atoms with Crippen LogP contribution >= 0.6 is 0 Å². The number of hydrogen-bond donors (Lipinski definition) is 2. The van der Waals surface area contributed by atoms with Crippen molar-refractivity contribution in [3.8, 4) is 0 Å². The zero-order chi connectivity index (χ0) is 27.6. The molecular formula is C28H40F2N4O4. The van der Waals surface area contributed by atoms with E-state index >= 15 is 0 Å². The van der Waals surface area contributed by atoms with E-state index in [1.807, 2.05) is 24.3 Å². The van der Waals surface area contributed by atoms with Crippen molar-refractivity contribution in [2.75, 3.05) is 19.6 Å². The van der Waals surface area contributed by atoms with Gasteiger partial charge in [-0.15, -0.1) is 0 Å². The summed E-state index contributed by atoms with van der Waals surface area (Å²) in [4.78, 5) is 41.9. The minimum Gasteiger partial charge on any atom is -0.444 e. The molecule has 0 aromatic heterocycles. The number of alkyl halides is 2. The fourth-order valence-electron chi connectivity index (χ4n) is 6.19. The Labute approximate surface area is 223 Å². The number of amides is 3. The minimum absolute atomic E-state index is 0.0347. The number of primary amides is 1. The summed E-state index contributed by atoms with van der Waals surface area (Å²) in [5.74, 6) is -0.673. The Bertz CT molecular complexity index is 1010. The summed E-state index contributed by atoms with van der Waals surface area (Å²) in [6.45, 7) is 6.49. The third-order valence-electron chi connectivity index (χ3n) is 7.99. The maximum Gasteiger partial charge on any atom is 0.411 e. The molecule has 4 rings (SSSR count). The van der Waals surface area contributed by atoms with Crippen LogP contribution in [0.1, 0.15) is 69.9 Å². The van der Waals surface area contributed by atoms with Gasteiger partial charge in [-0.25, -0.2) is 13.6 Å². The minimum atomic E-state index is -2.31. The Kier molecular flexibility index (Phi) is 8.59. The van der Waals surface area contributed by atoms with Gasteiger partial charge in [0.05, 0.1) is 6.54 Å². The molecular weight excluding hydrogens is 494 g/mol. The fourth-order valence-corrected chi connectivity index (χ4v) is 6.19. The van der Waals surface area contributed by atoms with E-state index in [4.69, 9.17) is 10.5 Å². The lowest BCUT2D eigenvalue weighted by molar-refractivity contribution is -0.132. The van der Waals surface area contributed by atoms with Gasteiger partial charge in [-0.1, -0.05) is 24.3 Å². The number of piperidine rings is 2. The lowest BCUT2D eigenvalue weighted by Gasteiger charge is -2.36. The zero-order valence-corrected chi connectivity index (χ0v) is 22.5. The van der Waals surface area contributed by atoms with Gasteiger partial charge < -0.3 is 15.8 Å². The number of fused-ring (bicyclic) bond motifs is 2. The molecule has 0 unspecified atom stereocenters. The van der Waals surface area contributed by atoms with Crippen LogP contribution in [0.4, 0.5) is 13.6 Å². The molecule has 1 aliphatic carbocycles. The van der Waals surface area contributed by atoms with Crippen molar-refractivity contribution in [1.29, 1.82) is 0 Å². The SMILES string of the molecule is CC(C)(C)OC(=O)N1[C@@H]2CC[C@@H](C2)[C@H]1C(=O)N[C@@H](Cc1ccc(C2CCN(CC(F)F)CC2)cc1)C(N)=O. The summed E-state index contributed by atoms with van der Waals surface area (Å²) >= 11 is 0. The second-order valence-corrected chi connectivity index (χ2v) is 11.9. The van der Waals surface area contributed by atoms with Crippen LogP contribution in [0.25, 0.3) is 0 Å². The molecule has 0 radical (unpaired) electrons. The predicted octanol–water partition coefficient (Wildman–Crippen LogP) is 3.43. The van der Waals surface area contributed by atoms with Crippen LogP contribution in [0.15, 0.2) is 24.3 Å². The molecule has 8 nitrogen and oxygen atoms in total. The van der Waals surface area contributed by atoms with Crippen molar-refractivity contribution < 1.29 is 27.9 Å². The Morgan fingerprint density at radius 2 is 1.74 bits per heavy atom. The van der Waals surface area contributed by atoms with Crippen LogP contribution in [0.2, 0.25) is 0 Å². The third-order valence-corrected chi connectivity index (χ3v) is 7.99. The number of ether oxygens (including phenoxy) is 1.